The molecule has 0 spiro atoms. The number of nitrogens with zero attached hydrogens (tertiary/aromatic N) is 1. The van der Waals surface area contributed by atoms with E-state index < -0.39 is 13.9 Å². The lowest BCUT2D eigenvalue weighted by Crippen LogP contribution is -2.37. The first-order valence-electron chi connectivity index (χ1n) is 25.2. The molecule has 0 aromatic heterocycles. The Labute approximate surface area is 372 Å². The number of likely N-dealkylation sites (N-methyl/N-ethyl adjacent to an activating group) is 1. The maximum Gasteiger partial charge on any atom is 0.306 e. The molecule has 0 aliphatic rings. The summed E-state index contributed by atoms with van der Waals surface area (Å²) in [5.41, 5.74) is 0. The van der Waals surface area contributed by atoms with Gasteiger partial charge < -0.3 is 27.9 Å². The molecule has 0 bridgehead atoms. The molecule has 0 fully saturated rings. The molecule has 0 saturated heterocycles. The number of esters is 1. The Morgan fingerprint density at radius 1 is 0.517 bits per heavy atom. The number of phosphoric ester groups is 1. The SMILES string of the molecule is CCCCCC/C=C\C/C=C\CCCCCCCCCCOCC(COP(=O)([O-])OCC[N+](C)(C)C)OC(=O)CCCCCCCCCCC/C=C\CCCCCCCC. The molecular weight excluding hydrogens is 770 g/mol. The lowest BCUT2D eigenvalue weighted by atomic mass is 10.1. The molecule has 60 heavy (non-hydrogen) atoms. The number of rotatable bonds is 47. The van der Waals surface area contributed by atoms with Crippen molar-refractivity contribution < 1.29 is 37.3 Å². The lowest BCUT2D eigenvalue weighted by Gasteiger charge is -2.28. The van der Waals surface area contributed by atoms with Gasteiger partial charge >= 0.3 is 5.97 Å². The normalized spacial score (nSPS) is 13.9. The van der Waals surface area contributed by atoms with Crippen LogP contribution < -0.4 is 4.89 Å². The van der Waals surface area contributed by atoms with Crippen LogP contribution in [0.15, 0.2) is 36.5 Å². The molecule has 0 aromatic rings. The Kier molecular flexibility index (Phi) is 43.4. The van der Waals surface area contributed by atoms with Crippen molar-refractivity contribution in [2.45, 2.75) is 232 Å². The highest BCUT2D eigenvalue weighted by Crippen LogP contribution is 2.38. The summed E-state index contributed by atoms with van der Waals surface area (Å²) < 4.78 is 34.7. The average Bonchev–Trinajstić information content (AvgIpc) is 3.20. The fourth-order valence-electron chi connectivity index (χ4n) is 6.98. The Morgan fingerprint density at radius 2 is 0.917 bits per heavy atom. The van der Waals surface area contributed by atoms with E-state index in [1.807, 2.05) is 21.1 Å². The van der Waals surface area contributed by atoms with Crippen LogP contribution in [-0.4, -0.2) is 70.7 Å². The molecule has 0 aliphatic carbocycles. The van der Waals surface area contributed by atoms with Gasteiger partial charge in [-0.05, 0) is 70.6 Å². The number of hydrogen-bond donors (Lipinski definition) is 0. The van der Waals surface area contributed by atoms with Crippen molar-refractivity contribution in [2.75, 3.05) is 54.1 Å². The molecule has 0 rings (SSSR count). The van der Waals surface area contributed by atoms with Crippen molar-refractivity contribution in [3.05, 3.63) is 36.5 Å². The zero-order valence-electron chi connectivity index (χ0n) is 40.2. The van der Waals surface area contributed by atoms with Crippen molar-refractivity contribution in [2.24, 2.45) is 0 Å². The molecule has 8 nitrogen and oxygen atoms in total. The van der Waals surface area contributed by atoms with Crippen molar-refractivity contribution in [1.82, 2.24) is 0 Å². The van der Waals surface area contributed by atoms with Crippen LogP contribution in [0, 0.1) is 0 Å². The third kappa shape index (κ3) is 47.8. The maximum atomic E-state index is 12.7. The van der Waals surface area contributed by atoms with Gasteiger partial charge in [0.15, 0.2) is 0 Å². The molecule has 0 aromatic carbocycles. The topological polar surface area (TPSA) is 94.1 Å². The molecule has 0 radical (unpaired) electrons. The highest BCUT2D eigenvalue weighted by atomic mass is 31.2. The third-order valence-electron chi connectivity index (χ3n) is 10.9. The molecule has 9 heteroatoms. The minimum atomic E-state index is -4.53. The summed E-state index contributed by atoms with van der Waals surface area (Å²) in [5.74, 6) is -0.337. The van der Waals surface area contributed by atoms with E-state index in [0.717, 1.165) is 38.5 Å². The first kappa shape index (κ1) is 58.7. The zero-order valence-corrected chi connectivity index (χ0v) is 41.1. The fourth-order valence-corrected chi connectivity index (χ4v) is 7.71. The van der Waals surface area contributed by atoms with Crippen molar-refractivity contribution in [3.63, 3.8) is 0 Å². The standard InChI is InChI=1S/C51H98NO7P/c1-6-8-10-12-14-16-18-20-22-24-26-28-30-32-34-36-38-40-42-44-51(53)59-50(49-58-60(54,55)57-47-45-52(3,4)5)48-56-46-43-41-39-37-35-33-31-29-27-25-23-21-19-17-15-13-11-9-7-2/h17,19-20,22-23,25,50H,6-16,18,21,24,26-49H2,1-5H3/b19-17-,22-20-,25-23-. The van der Waals surface area contributed by atoms with Crippen LogP contribution in [0.3, 0.4) is 0 Å². The highest BCUT2D eigenvalue weighted by molar-refractivity contribution is 7.45. The first-order valence-corrected chi connectivity index (χ1v) is 26.7. The molecule has 0 aliphatic heterocycles. The fraction of sp³-hybridized carbons (Fsp3) is 0.863. The number of quaternary nitrogens is 1. The van der Waals surface area contributed by atoms with E-state index in [9.17, 15) is 14.3 Å². The van der Waals surface area contributed by atoms with Gasteiger partial charge in [0.2, 0.25) is 0 Å². The van der Waals surface area contributed by atoms with Gasteiger partial charge in [0, 0.05) is 13.0 Å². The van der Waals surface area contributed by atoms with Crippen LogP contribution in [0.25, 0.3) is 0 Å². The Morgan fingerprint density at radius 3 is 1.38 bits per heavy atom. The van der Waals surface area contributed by atoms with Crippen molar-refractivity contribution >= 4 is 13.8 Å². The number of carbonyl (C=O) groups is 1. The summed E-state index contributed by atoms with van der Waals surface area (Å²) in [5, 5.41) is 0. The average molecular weight is 868 g/mol. The number of ether oxygens (including phenoxy) is 2. The molecule has 0 heterocycles. The third-order valence-corrected chi connectivity index (χ3v) is 11.9. The number of carbonyl (C=O) groups excluding carboxylic acids is 1. The minimum Gasteiger partial charge on any atom is -0.756 e. The molecule has 0 saturated carbocycles. The molecule has 2 atom stereocenters. The summed E-state index contributed by atoms with van der Waals surface area (Å²) in [6.07, 6.45) is 53.0. The largest absolute Gasteiger partial charge is 0.756 e. The quantitative estimate of drug-likeness (QED) is 0.0198. The van der Waals surface area contributed by atoms with Gasteiger partial charge in [0.25, 0.3) is 7.82 Å². The zero-order chi connectivity index (χ0) is 44.1. The second-order valence-electron chi connectivity index (χ2n) is 18.2. The number of hydrogen-bond acceptors (Lipinski definition) is 7. The summed E-state index contributed by atoms with van der Waals surface area (Å²) >= 11 is 0. The second-order valence-corrected chi connectivity index (χ2v) is 19.6. The second kappa shape index (κ2) is 44.3. The van der Waals surface area contributed by atoms with Crippen LogP contribution in [0.2, 0.25) is 0 Å². The predicted molar refractivity (Wildman–Crippen MR) is 254 cm³/mol. The van der Waals surface area contributed by atoms with Crippen molar-refractivity contribution in [3.8, 4) is 0 Å². The van der Waals surface area contributed by atoms with Crippen LogP contribution in [0.1, 0.15) is 226 Å². The summed E-state index contributed by atoms with van der Waals surface area (Å²) in [4.78, 5) is 25.2. The molecule has 0 N–H and O–H groups in total. The van der Waals surface area contributed by atoms with Crippen LogP contribution in [-0.2, 0) is 27.9 Å². The van der Waals surface area contributed by atoms with E-state index in [-0.39, 0.29) is 25.8 Å². The molecule has 0 amide bonds. The maximum absolute atomic E-state index is 12.7. The van der Waals surface area contributed by atoms with Crippen LogP contribution >= 0.6 is 7.82 Å². The van der Waals surface area contributed by atoms with Gasteiger partial charge in [-0.25, -0.2) is 0 Å². The smallest absolute Gasteiger partial charge is 0.306 e. The van der Waals surface area contributed by atoms with E-state index in [4.69, 9.17) is 18.5 Å². The number of phosphoric acid groups is 1. The van der Waals surface area contributed by atoms with E-state index >= 15 is 0 Å². The summed E-state index contributed by atoms with van der Waals surface area (Å²) in [6.45, 7) is 5.40. The first-order chi connectivity index (χ1) is 29.1. The van der Waals surface area contributed by atoms with Gasteiger partial charge in [0.05, 0.1) is 34.4 Å². The van der Waals surface area contributed by atoms with E-state index in [0.29, 0.717) is 24.1 Å². The van der Waals surface area contributed by atoms with Gasteiger partial charge in [-0.2, -0.15) is 0 Å². The van der Waals surface area contributed by atoms with Crippen LogP contribution in [0.5, 0.6) is 0 Å². The molecular formula is C51H98NO7P. The van der Waals surface area contributed by atoms with Crippen molar-refractivity contribution in [1.29, 1.82) is 0 Å². The van der Waals surface area contributed by atoms with E-state index in [1.54, 1.807) is 0 Å². The Balaban J connectivity index is 4.16. The number of unbranched alkanes of at least 4 members (excludes halogenated alkanes) is 27. The van der Waals surface area contributed by atoms with Crippen LogP contribution in [0.4, 0.5) is 0 Å². The van der Waals surface area contributed by atoms with Gasteiger partial charge in [-0.3, -0.25) is 9.36 Å². The van der Waals surface area contributed by atoms with Gasteiger partial charge in [-0.15, -0.1) is 0 Å². The predicted octanol–water partition coefficient (Wildman–Crippen LogP) is 14.7. The van der Waals surface area contributed by atoms with E-state index in [1.165, 1.54) is 167 Å². The summed E-state index contributed by atoms with van der Waals surface area (Å²) in [6, 6.07) is 0. The Bertz CT molecular complexity index is 1060. The monoisotopic (exact) mass is 868 g/mol. The molecule has 354 valence electrons. The number of allylic oxidation sites excluding steroid dienone is 6. The molecule has 2 unspecified atom stereocenters. The van der Waals surface area contributed by atoms with E-state index in [2.05, 4.69) is 50.3 Å². The highest BCUT2D eigenvalue weighted by Gasteiger charge is 2.20. The van der Waals surface area contributed by atoms with Gasteiger partial charge in [-0.1, -0.05) is 185 Å². The minimum absolute atomic E-state index is 0.0248. The van der Waals surface area contributed by atoms with Gasteiger partial charge in [0.1, 0.15) is 19.3 Å². The Hall–Kier alpha value is -1.28. The lowest BCUT2D eigenvalue weighted by molar-refractivity contribution is -0.870. The summed E-state index contributed by atoms with van der Waals surface area (Å²) in [7, 11) is 1.36.